The van der Waals surface area contributed by atoms with Crippen molar-refractivity contribution >= 4 is 22.7 Å². The van der Waals surface area contributed by atoms with Crippen LogP contribution >= 0.6 is 0 Å². The highest BCUT2D eigenvalue weighted by atomic mass is 15.3. The quantitative estimate of drug-likeness (QED) is 0.150. The van der Waals surface area contributed by atoms with Gasteiger partial charge in [0.15, 0.2) is 0 Å². The van der Waals surface area contributed by atoms with Crippen molar-refractivity contribution in [3.8, 4) is 0 Å². The molecule has 255 valence electrons. The summed E-state index contributed by atoms with van der Waals surface area (Å²) in [6, 6.07) is 70.0. The minimum absolute atomic E-state index is 0.315. The van der Waals surface area contributed by atoms with Gasteiger partial charge in [-0.15, -0.1) is 0 Å². The third kappa shape index (κ3) is 5.60. The van der Waals surface area contributed by atoms with E-state index in [4.69, 9.17) is 0 Å². The molecule has 0 aromatic heterocycles. The number of fused-ring (bicyclic) bond motifs is 1. The number of rotatable bonds is 9. The zero-order chi connectivity index (χ0) is 35.7. The van der Waals surface area contributed by atoms with Gasteiger partial charge in [0.05, 0.1) is 0 Å². The highest BCUT2D eigenvalue weighted by Crippen LogP contribution is 2.59. The molecule has 0 bridgehead atoms. The van der Waals surface area contributed by atoms with Gasteiger partial charge in [-0.2, -0.15) is 0 Å². The van der Waals surface area contributed by atoms with Crippen molar-refractivity contribution in [3.63, 3.8) is 0 Å². The third-order valence-electron chi connectivity index (χ3n) is 10.5. The Hall–Kier alpha value is -5.86. The van der Waals surface area contributed by atoms with Crippen LogP contribution in [0.1, 0.15) is 78.5 Å². The van der Waals surface area contributed by atoms with Crippen LogP contribution in [0.3, 0.4) is 0 Å². The fourth-order valence-corrected chi connectivity index (χ4v) is 8.21. The summed E-state index contributed by atoms with van der Waals surface area (Å²) in [5, 5.41) is 0. The van der Waals surface area contributed by atoms with E-state index in [-0.39, 0.29) is 0 Å². The number of benzene rings is 7. The van der Waals surface area contributed by atoms with E-state index < -0.39 is 5.54 Å². The van der Waals surface area contributed by atoms with Gasteiger partial charge in [0.25, 0.3) is 0 Å². The van der Waals surface area contributed by atoms with Gasteiger partial charge in [-0.1, -0.05) is 179 Å². The molecule has 2 nitrogen and oxygen atoms in total. The van der Waals surface area contributed by atoms with Crippen LogP contribution in [0.2, 0.25) is 0 Å². The topological polar surface area (TPSA) is 6.48 Å². The van der Waals surface area contributed by atoms with E-state index >= 15 is 0 Å². The maximum Gasteiger partial charge on any atom is 0.124 e. The maximum absolute atomic E-state index is 2.72. The molecule has 0 saturated heterocycles. The fourth-order valence-electron chi connectivity index (χ4n) is 8.21. The Labute approximate surface area is 309 Å². The molecule has 1 aliphatic rings. The van der Waals surface area contributed by atoms with Gasteiger partial charge in [-0.05, 0) is 87.2 Å². The second-order valence-corrected chi connectivity index (χ2v) is 14.3. The van der Waals surface area contributed by atoms with E-state index in [1.54, 1.807) is 0 Å². The first-order valence-electron chi connectivity index (χ1n) is 18.5. The number of anilines is 4. The molecule has 0 unspecified atom stereocenters. The third-order valence-corrected chi connectivity index (χ3v) is 10.5. The molecular formula is C50H45N2. The Morgan fingerprint density at radius 2 is 0.846 bits per heavy atom. The van der Waals surface area contributed by atoms with Crippen LogP contribution in [0, 0.1) is 6.04 Å². The lowest BCUT2D eigenvalue weighted by atomic mass is 9.76. The van der Waals surface area contributed by atoms with Gasteiger partial charge in [0, 0.05) is 22.7 Å². The molecule has 0 fully saturated rings. The lowest BCUT2D eigenvalue weighted by Crippen LogP contribution is -2.46. The summed E-state index contributed by atoms with van der Waals surface area (Å²) >= 11 is 0. The zero-order valence-electron chi connectivity index (χ0n) is 30.4. The first-order valence-corrected chi connectivity index (χ1v) is 18.5. The van der Waals surface area contributed by atoms with Gasteiger partial charge >= 0.3 is 0 Å². The molecule has 7 aromatic carbocycles. The Morgan fingerprint density at radius 3 is 1.33 bits per heavy atom. The number of nitrogens with zero attached hydrogens (tertiary/aromatic N) is 2. The van der Waals surface area contributed by atoms with Crippen molar-refractivity contribution in [3.05, 3.63) is 233 Å². The number of hydrogen-bond donors (Lipinski definition) is 0. The SMILES string of the molecule is CC(C)c1cccc(C(C)C)c1N1[C](c2ccc(N(c3ccccc3)c3ccccc3)cc2)c2ccccc2C1(c1ccccc1)c1ccccc1. The largest absolute Gasteiger partial charge is 0.336 e. The summed E-state index contributed by atoms with van der Waals surface area (Å²) < 4.78 is 0. The standard InChI is InChI=1S/C50H45N2/c1-36(2)44-29-19-30-45(37(3)4)49(44)52-48(38-32-34-43(35-33-38)51(41-24-13-7-14-25-41)42-26-15-8-16-27-42)46-28-17-18-31-47(46)50(52,39-20-9-5-10-21-39)40-22-11-6-12-23-40/h5-37H,1-4H3. The Balaban J connectivity index is 1.42. The monoisotopic (exact) mass is 673 g/mol. The van der Waals surface area contributed by atoms with Crippen molar-refractivity contribution < 1.29 is 0 Å². The molecule has 0 N–H and O–H groups in total. The van der Waals surface area contributed by atoms with E-state index in [2.05, 4.69) is 226 Å². The Kier molecular flexibility index (Phi) is 8.99. The van der Waals surface area contributed by atoms with Gasteiger partial charge in [-0.3, -0.25) is 0 Å². The molecule has 0 spiro atoms. The van der Waals surface area contributed by atoms with Gasteiger partial charge in [0.2, 0.25) is 0 Å². The molecule has 52 heavy (non-hydrogen) atoms. The average Bonchev–Trinajstić information content (AvgIpc) is 3.51. The van der Waals surface area contributed by atoms with Crippen molar-refractivity contribution in [2.24, 2.45) is 0 Å². The maximum atomic E-state index is 2.72. The molecular weight excluding hydrogens is 629 g/mol. The van der Waals surface area contributed by atoms with Crippen molar-refractivity contribution in [2.75, 3.05) is 9.80 Å². The van der Waals surface area contributed by atoms with E-state index in [1.165, 1.54) is 50.7 Å². The lowest BCUT2D eigenvalue weighted by Gasteiger charge is -2.46. The highest BCUT2D eigenvalue weighted by molar-refractivity contribution is 5.83. The molecule has 1 radical (unpaired) electrons. The smallest absolute Gasteiger partial charge is 0.124 e. The second kappa shape index (κ2) is 14.0. The Bertz CT molecular complexity index is 2140. The molecule has 0 aliphatic carbocycles. The van der Waals surface area contributed by atoms with Crippen LogP contribution in [0.5, 0.6) is 0 Å². The first kappa shape index (κ1) is 33.3. The van der Waals surface area contributed by atoms with Crippen LogP contribution in [0.25, 0.3) is 0 Å². The van der Waals surface area contributed by atoms with Gasteiger partial charge < -0.3 is 9.80 Å². The summed E-state index contributed by atoms with van der Waals surface area (Å²) in [5.41, 5.74) is 12.9. The summed E-state index contributed by atoms with van der Waals surface area (Å²) in [5.74, 6) is 0.631. The molecule has 1 aliphatic heterocycles. The van der Waals surface area contributed by atoms with Crippen LogP contribution in [0.4, 0.5) is 22.7 Å². The minimum atomic E-state index is -0.623. The summed E-state index contributed by atoms with van der Waals surface area (Å²) in [4.78, 5) is 5.05. The van der Waals surface area contributed by atoms with Crippen molar-refractivity contribution in [2.45, 2.75) is 45.1 Å². The van der Waals surface area contributed by atoms with Crippen LogP contribution in [-0.4, -0.2) is 0 Å². The normalized spacial score (nSPS) is 13.8. The second-order valence-electron chi connectivity index (χ2n) is 14.3. The molecule has 7 aromatic rings. The van der Waals surface area contributed by atoms with Crippen LogP contribution in [-0.2, 0) is 5.54 Å². The fraction of sp³-hybridized carbons (Fsp3) is 0.140. The molecule has 0 atom stereocenters. The zero-order valence-corrected chi connectivity index (χ0v) is 30.4. The minimum Gasteiger partial charge on any atom is -0.336 e. The predicted octanol–water partition coefficient (Wildman–Crippen LogP) is 13.1. The first-order chi connectivity index (χ1) is 25.5. The van der Waals surface area contributed by atoms with Gasteiger partial charge in [0.1, 0.15) is 11.6 Å². The highest BCUT2D eigenvalue weighted by Gasteiger charge is 2.54. The van der Waals surface area contributed by atoms with Crippen molar-refractivity contribution in [1.82, 2.24) is 0 Å². The summed E-state index contributed by atoms with van der Waals surface area (Å²) in [6.45, 7) is 9.31. The summed E-state index contributed by atoms with van der Waals surface area (Å²) in [6.07, 6.45) is 0. The molecule has 2 heteroatoms. The van der Waals surface area contributed by atoms with Gasteiger partial charge in [-0.25, -0.2) is 0 Å². The van der Waals surface area contributed by atoms with E-state index in [9.17, 15) is 0 Å². The van der Waals surface area contributed by atoms with E-state index in [1.807, 2.05) is 0 Å². The molecule has 8 rings (SSSR count). The molecule has 1 heterocycles. The van der Waals surface area contributed by atoms with Crippen LogP contribution in [0.15, 0.2) is 188 Å². The van der Waals surface area contributed by atoms with E-state index in [0.717, 1.165) is 17.1 Å². The van der Waals surface area contributed by atoms with Crippen molar-refractivity contribution in [1.29, 1.82) is 0 Å². The lowest BCUT2D eigenvalue weighted by molar-refractivity contribution is 0.613. The Morgan fingerprint density at radius 1 is 0.423 bits per heavy atom. The number of para-hydroxylation sites is 3. The molecule has 0 amide bonds. The summed E-state index contributed by atoms with van der Waals surface area (Å²) in [7, 11) is 0. The average molecular weight is 674 g/mol. The van der Waals surface area contributed by atoms with Crippen LogP contribution < -0.4 is 9.80 Å². The predicted molar refractivity (Wildman–Crippen MR) is 219 cm³/mol. The van der Waals surface area contributed by atoms with E-state index in [0.29, 0.717) is 11.8 Å². The number of hydrogen-bond acceptors (Lipinski definition) is 2. The molecule has 0 saturated carbocycles.